The molecule has 1 heterocycles. The quantitative estimate of drug-likeness (QED) is 0.620. The average Bonchev–Trinajstić information content (AvgIpc) is 2.86. The van der Waals surface area contributed by atoms with Crippen LogP contribution in [0.1, 0.15) is 23.2 Å². The van der Waals surface area contributed by atoms with E-state index in [-0.39, 0.29) is 23.5 Å². The van der Waals surface area contributed by atoms with Crippen LogP contribution in [-0.4, -0.2) is 22.8 Å². The Bertz CT molecular complexity index is 574. The van der Waals surface area contributed by atoms with E-state index in [1.165, 1.54) is 23.9 Å². The number of nitrogens with zero attached hydrogens (tertiary/aromatic N) is 2. The molecule has 0 aliphatic rings. The van der Waals surface area contributed by atoms with Gasteiger partial charge in [-0.3, -0.25) is 0 Å². The van der Waals surface area contributed by atoms with E-state index in [9.17, 15) is 9.18 Å². The second kappa shape index (κ2) is 6.33. The molecular weight excluding hydrogens is 271 g/mol. The third-order valence-corrected chi connectivity index (χ3v) is 3.00. The zero-order valence-electron chi connectivity index (χ0n) is 10.1. The number of esters is 1. The van der Waals surface area contributed by atoms with Gasteiger partial charge in [-0.2, -0.15) is 0 Å². The van der Waals surface area contributed by atoms with Crippen LogP contribution >= 0.6 is 11.8 Å². The van der Waals surface area contributed by atoms with Gasteiger partial charge >= 0.3 is 11.9 Å². The SMILES string of the molecule is CCOC(=O)c1nnc(SCc2cccc(F)c2)o1. The molecule has 2 aromatic rings. The maximum atomic E-state index is 13.0. The molecule has 0 fully saturated rings. The van der Waals surface area contributed by atoms with E-state index in [1.807, 2.05) is 0 Å². The largest absolute Gasteiger partial charge is 0.459 e. The van der Waals surface area contributed by atoms with Crippen LogP contribution in [0.25, 0.3) is 0 Å². The molecule has 0 bridgehead atoms. The fourth-order valence-electron chi connectivity index (χ4n) is 1.32. The van der Waals surface area contributed by atoms with Crippen molar-refractivity contribution in [2.75, 3.05) is 6.61 Å². The van der Waals surface area contributed by atoms with Crippen molar-refractivity contribution in [1.82, 2.24) is 10.2 Å². The number of carbonyl (C=O) groups is 1. The number of ether oxygens (including phenoxy) is 1. The fourth-order valence-corrected chi connectivity index (χ4v) is 2.02. The molecule has 0 aliphatic carbocycles. The van der Waals surface area contributed by atoms with Gasteiger partial charge in [-0.15, -0.1) is 5.10 Å². The molecule has 0 saturated carbocycles. The smallest absolute Gasteiger partial charge is 0.396 e. The summed E-state index contributed by atoms with van der Waals surface area (Å²) in [5.74, 6) is -0.644. The zero-order valence-corrected chi connectivity index (χ0v) is 10.9. The molecule has 1 aromatic carbocycles. The van der Waals surface area contributed by atoms with Crippen LogP contribution in [0.5, 0.6) is 0 Å². The minimum Gasteiger partial charge on any atom is -0.459 e. The van der Waals surface area contributed by atoms with Gasteiger partial charge in [0.1, 0.15) is 5.82 Å². The molecule has 0 radical (unpaired) electrons. The average molecular weight is 282 g/mol. The number of benzene rings is 1. The molecule has 0 N–H and O–H groups in total. The second-order valence-electron chi connectivity index (χ2n) is 3.51. The summed E-state index contributed by atoms with van der Waals surface area (Å²) in [6.45, 7) is 1.93. The van der Waals surface area contributed by atoms with Crippen LogP contribution in [-0.2, 0) is 10.5 Å². The van der Waals surface area contributed by atoms with E-state index in [1.54, 1.807) is 19.1 Å². The monoisotopic (exact) mass is 282 g/mol. The van der Waals surface area contributed by atoms with E-state index in [0.29, 0.717) is 5.75 Å². The lowest BCUT2D eigenvalue weighted by atomic mass is 10.2. The molecule has 0 atom stereocenters. The van der Waals surface area contributed by atoms with Gasteiger partial charge in [-0.1, -0.05) is 29.0 Å². The Kier molecular flexibility index (Phi) is 4.51. The van der Waals surface area contributed by atoms with Gasteiger partial charge < -0.3 is 9.15 Å². The van der Waals surface area contributed by atoms with Crippen molar-refractivity contribution in [3.63, 3.8) is 0 Å². The Morgan fingerprint density at radius 1 is 1.47 bits per heavy atom. The van der Waals surface area contributed by atoms with Gasteiger partial charge in [0, 0.05) is 5.75 Å². The van der Waals surface area contributed by atoms with Crippen LogP contribution in [0, 0.1) is 5.82 Å². The molecule has 1 aromatic heterocycles. The highest BCUT2D eigenvalue weighted by atomic mass is 32.2. The summed E-state index contributed by atoms with van der Waals surface area (Å²) in [5.41, 5.74) is 0.792. The van der Waals surface area contributed by atoms with Crippen molar-refractivity contribution < 1.29 is 18.3 Å². The molecule has 5 nitrogen and oxygen atoms in total. The van der Waals surface area contributed by atoms with Gasteiger partial charge in [-0.25, -0.2) is 9.18 Å². The summed E-state index contributed by atoms with van der Waals surface area (Å²) in [7, 11) is 0. The minimum atomic E-state index is -0.646. The van der Waals surface area contributed by atoms with Gasteiger partial charge in [0.25, 0.3) is 5.22 Å². The molecule has 7 heteroatoms. The third kappa shape index (κ3) is 3.78. The van der Waals surface area contributed by atoms with Crippen molar-refractivity contribution >= 4 is 17.7 Å². The van der Waals surface area contributed by atoms with E-state index in [2.05, 4.69) is 10.2 Å². The van der Waals surface area contributed by atoms with Crippen LogP contribution in [0.15, 0.2) is 33.9 Å². The van der Waals surface area contributed by atoms with Crippen molar-refractivity contribution in [1.29, 1.82) is 0 Å². The lowest BCUT2D eigenvalue weighted by Crippen LogP contribution is -2.04. The maximum absolute atomic E-state index is 13.0. The summed E-state index contributed by atoms with van der Waals surface area (Å²) in [5, 5.41) is 7.53. The molecule has 0 amide bonds. The minimum absolute atomic E-state index is 0.177. The van der Waals surface area contributed by atoms with Crippen molar-refractivity contribution in [2.24, 2.45) is 0 Å². The van der Waals surface area contributed by atoms with Crippen molar-refractivity contribution in [2.45, 2.75) is 17.9 Å². The first-order valence-electron chi connectivity index (χ1n) is 5.57. The standard InChI is InChI=1S/C12H11FN2O3S/c1-2-17-11(16)10-14-15-12(18-10)19-7-8-4-3-5-9(13)6-8/h3-6H,2,7H2,1H3. The Hall–Kier alpha value is -1.89. The van der Waals surface area contributed by atoms with Crippen LogP contribution in [0.2, 0.25) is 0 Å². The molecule has 19 heavy (non-hydrogen) atoms. The van der Waals surface area contributed by atoms with Gasteiger partial charge in [0.15, 0.2) is 0 Å². The maximum Gasteiger partial charge on any atom is 0.396 e. The number of halogens is 1. The number of hydrogen-bond donors (Lipinski definition) is 0. The fraction of sp³-hybridized carbons (Fsp3) is 0.250. The summed E-state index contributed by atoms with van der Waals surface area (Å²) in [6.07, 6.45) is 0. The molecule has 100 valence electrons. The number of thioether (sulfide) groups is 1. The molecular formula is C12H11FN2O3S. The lowest BCUT2D eigenvalue weighted by molar-refractivity contribution is 0.0475. The van der Waals surface area contributed by atoms with Gasteiger partial charge in [0.05, 0.1) is 6.61 Å². The summed E-state index contributed by atoms with van der Waals surface area (Å²) in [4.78, 5) is 11.3. The highest BCUT2D eigenvalue weighted by molar-refractivity contribution is 7.98. The van der Waals surface area contributed by atoms with E-state index >= 15 is 0 Å². The number of hydrogen-bond acceptors (Lipinski definition) is 6. The summed E-state index contributed by atoms with van der Waals surface area (Å²) < 4.78 is 22.8. The Morgan fingerprint density at radius 3 is 3.05 bits per heavy atom. The first-order chi connectivity index (χ1) is 9.19. The number of carbonyl (C=O) groups excluding carboxylic acids is 1. The second-order valence-corrected chi connectivity index (χ2v) is 4.44. The van der Waals surface area contributed by atoms with Crippen LogP contribution < -0.4 is 0 Å². The first kappa shape index (κ1) is 13.5. The summed E-state index contributed by atoms with van der Waals surface area (Å²) >= 11 is 1.22. The van der Waals surface area contributed by atoms with Crippen LogP contribution in [0.4, 0.5) is 4.39 Å². The highest BCUT2D eigenvalue weighted by Crippen LogP contribution is 2.21. The third-order valence-electron chi connectivity index (χ3n) is 2.11. The molecule has 0 spiro atoms. The van der Waals surface area contributed by atoms with Crippen LogP contribution in [0.3, 0.4) is 0 Å². The molecule has 2 rings (SSSR count). The Morgan fingerprint density at radius 2 is 2.32 bits per heavy atom. The topological polar surface area (TPSA) is 65.2 Å². The number of rotatable bonds is 5. The van der Waals surface area contributed by atoms with Crippen molar-refractivity contribution in [3.05, 3.63) is 41.5 Å². The van der Waals surface area contributed by atoms with E-state index in [4.69, 9.17) is 9.15 Å². The first-order valence-corrected chi connectivity index (χ1v) is 6.55. The van der Waals surface area contributed by atoms with Crippen molar-refractivity contribution in [3.8, 4) is 0 Å². The normalized spacial score (nSPS) is 10.4. The number of aromatic nitrogens is 2. The zero-order chi connectivity index (χ0) is 13.7. The molecule has 0 saturated heterocycles. The molecule has 0 unspecified atom stereocenters. The van der Waals surface area contributed by atoms with E-state index in [0.717, 1.165) is 5.56 Å². The predicted octanol–water partition coefficient (Wildman–Crippen LogP) is 2.68. The van der Waals surface area contributed by atoms with E-state index < -0.39 is 5.97 Å². The Labute approximate surface area is 113 Å². The lowest BCUT2D eigenvalue weighted by Gasteiger charge is -1.98. The van der Waals surface area contributed by atoms with Gasteiger partial charge in [0.2, 0.25) is 0 Å². The summed E-state index contributed by atoms with van der Waals surface area (Å²) in [6, 6.07) is 6.22. The highest BCUT2D eigenvalue weighted by Gasteiger charge is 2.16. The van der Waals surface area contributed by atoms with Gasteiger partial charge in [-0.05, 0) is 24.6 Å². The molecule has 0 aliphatic heterocycles. The predicted molar refractivity (Wildman–Crippen MR) is 66.2 cm³/mol. The Balaban J connectivity index is 1.95.